The molecule has 1 amide bonds. The molecule has 0 aliphatic carbocycles. The molecule has 1 atom stereocenters. The molecule has 5 nitrogen and oxygen atoms in total. The van der Waals surface area contributed by atoms with Crippen molar-refractivity contribution in [3.05, 3.63) is 23.8 Å². The molecule has 0 aliphatic rings. The molecule has 118 valence electrons. The van der Waals surface area contributed by atoms with E-state index >= 15 is 0 Å². The molecule has 21 heavy (non-hydrogen) atoms. The van der Waals surface area contributed by atoms with Gasteiger partial charge in [0.25, 0.3) is 5.91 Å². The number of methoxy groups -OCH3 is 1. The van der Waals surface area contributed by atoms with E-state index in [0.717, 1.165) is 5.56 Å². The van der Waals surface area contributed by atoms with Crippen molar-refractivity contribution in [2.75, 3.05) is 20.3 Å². The van der Waals surface area contributed by atoms with Gasteiger partial charge in [0.2, 0.25) is 0 Å². The van der Waals surface area contributed by atoms with E-state index in [2.05, 4.69) is 0 Å². The third-order valence-electron chi connectivity index (χ3n) is 2.55. The Hall–Kier alpha value is -1.96. The van der Waals surface area contributed by atoms with Crippen molar-refractivity contribution in [2.45, 2.75) is 19.2 Å². The Bertz CT molecular complexity index is 491. The number of aliphatic hydroxyl groups is 1. The Morgan fingerprint density at radius 1 is 1.38 bits per heavy atom. The number of alkyl halides is 3. The average molecular weight is 307 g/mol. The van der Waals surface area contributed by atoms with Crippen LogP contribution in [0.15, 0.2) is 18.2 Å². The number of halogens is 3. The summed E-state index contributed by atoms with van der Waals surface area (Å²) in [6, 6.07) is 5.02. The van der Waals surface area contributed by atoms with Gasteiger partial charge in [-0.25, -0.2) is 0 Å². The second-order valence-electron chi connectivity index (χ2n) is 4.30. The second kappa shape index (κ2) is 7.16. The molecule has 0 aromatic heterocycles. The van der Waals surface area contributed by atoms with Gasteiger partial charge in [-0.2, -0.15) is 13.2 Å². The molecule has 0 heterocycles. The summed E-state index contributed by atoms with van der Waals surface area (Å²) in [5.74, 6) is -0.0614. The number of carbonyl (C=O) groups is 1. The predicted octanol–water partition coefficient (Wildman–Crippen LogP) is 1.42. The number of aliphatic hydroxyl groups excluding tert-OH is 1. The van der Waals surface area contributed by atoms with Gasteiger partial charge in [-0.15, -0.1) is 0 Å². The number of hydrogen-bond donors (Lipinski definition) is 2. The number of rotatable bonds is 6. The Labute approximate surface area is 119 Å². The molecule has 0 fully saturated rings. The van der Waals surface area contributed by atoms with Gasteiger partial charge in [0.05, 0.1) is 13.7 Å². The molecule has 1 rings (SSSR count). The van der Waals surface area contributed by atoms with E-state index < -0.39 is 31.3 Å². The minimum absolute atomic E-state index is 0.301. The minimum Gasteiger partial charge on any atom is -0.493 e. The maximum atomic E-state index is 12.0. The average Bonchev–Trinajstić information content (AvgIpc) is 2.42. The van der Waals surface area contributed by atoms with Gasteiger partial charge in [0.1, 0.15) is 0 Å². The van der Waals surface area contributed by atoms with E-state index in [1.54, 1.807) is 18.2 Å². The molecule has 0 radical (unpaired) electrons. The van der Waals surface area contributed by atoms with Crippen LogP contribution in [-0.2, 0) is 4.79 Å². The molecule has 0 spiro atoms. The van der Waals surface area contributed by atoms with E-state index in [9.17, 15) is 18.0 Å². The largest absolute Gasteiger partial charge is 0.493 e. The Morgan fingerprint density at radius 2 is 2.05 bits per heavy atom. The fourth-order valence-electron chi connectivity index (χ4n) is 1.41. The summed E-state index contributed by atoms with van der Waals surface area (Å²) >= 11 is 0. The van der Waals surface area contributed by atoms with Crippen LogP contribution < -0.4 is 14.8 Å². The van der Waals surface area contributed by atoms with Crippen LogP contribution in [0.5, 0.6) is 11.5 Å². The highest BCUT2D eigenvalue weighted by atomic mass is 19.4. The van der Waals surface area contributed by atoms with E-state index in [0.29, 0.717) is 11.5 Å². The summed E-state index contributed by atoms with van der Waals surface area (Å²) < 4.78 is 46.3. The van der Waals surface area contributed by atoms with Crippen LogP contribution in [0, 0.1) is 6.92 Å². The monoisotopic (exact) mass is 307 g/mol. The summed E-state index contributed by atoms with van der Waals surface area (Å²) in [4.78, 5) is 11.4. The first-order valence-electron chi connectivity index (χ1n) is 6.03. The van der Waals surface area contributed by atoms with Gasteiger partial charge < -0.3 is 19.9 Å². The van der Waals surface area contributed by atoms with E-state index in [4.69, 9.17) is 14.6 Å². The number of hydrogen-bond acceptors (Lipinski definition) is 4. The lowest BCUT2D eigenvalue weighted by Crippen LogP contribution is -2.42. The van der Waals surface area contributed by atoms with Gasteiger partial charge in [-0.05, 0) is 24.6 Å². The SMILES string of the molecule is COc1cc(C)ccc1OCC(=O)NCC(O)C(F)(F)F. The molecule has 1 aromatic rings. The van der Waals surface area contributed by atoms with Crippen molar-refractivity contribution >= 4 is 5.91 Å². The van der Waals surface area contributed by atoms with Crippen molar-refractivity contribution in [1.29, 1.82) is 0 Å². The molecule has 1 aromatic carbocycles. The standard InChI is InChI=1S/C13H16F3NO4/c1-8-3-4-9(10(5-8)20-2)21-7-12(19)17-6-11(18)13(14,15)16/h3-5,11,18H,6-7H2,1-2H3,(H,17,19). The second-order valence-corrected chi connectivity index (χ2v) is 4.30. The first-order valence-corrected chi connectivity index (χ1v) is 6.03. The zero-order chi connectivity index (χ0) is 16.0. The lowest BCUT2D eigenvalue weighted by atomic mass is 10.2. The maximum absolute atomic E-state index is 12.0. The van der Waals surface area contributed by atoms with Crippen LogP contribution in [-0.4, -0.2) is 43.6 Å². The summed E-state index contributed by atoms with van der Waals surface area (Å²) in [6.07, 6.45) is -7.37. The molecule has 0 bridgehead atoms. The number of nitrogens with one attached hydrogen (secondary N) is 1. The zero-order valence-electron chi connectivity index (χ0n) is 11.5. The van der Waals surface area contributed by atoms with Crippen molar-refractivity contribution in [2.24, 2.45) is 0 Å². The van der Waals surface area contributed by atoms with Gasteiger partial charge in [-0.1, -0.05) is 6.07 Å². The highest BCUT2D eigenvalue weighted by molar-refractivity contribution is 5.77. The van der Waals surface area contributed by atoms with Crippen LogP contribution in [0.25, 0.3) is 0 Å². The Morgan fingerprint density at radius 3 is 2.62 bits per heavy atom. The van der Waals surface area contributed by atoms with Crippen molar-refractivity contribution in [3.8, 4) is 11.5 Å². The highest BCUT2D eigenvalue weighted by Crippen LogP contribution is 2.27. The topological polar surface area (TPSA) is 67.8 Å². The Kier molecular flexibility index (Phi) is 5.83. The number of ether oxygens (including phenoxy) is 2. The third-order valence-corrected chi connectivity index (χ3v) is 2.55. The fraction of sp³-hybridized carbons (Fsp3) is 0.462. The Balaban J connectivity index is 2.47. The molecule has 1 unspecified atom stereocenters. The van der Waals surface area contributed by atoms with Gasteiger partial charge in [0, 0.05) is 0 Å². The normalized spacial score (nSPS) is 12.7. The van der Waals surface area contributed by atoms with Crippen LogP contribution >= 0.6 is 0 Å². The highest BCUT2D eigenvalue weighted by Gasteiger charge is 2.38. The van der Waals surface area contributed by atoms with Gasteiger partial charge in [-0.3, -0.25) is 4.79 Å². The lowest BCUT2D eigenvalue weighted by Gasteiger charge is -2.15. The lowest BCUT2D eigenvalue weighted by molar-refractivity contribution is -0.201. The maximum Gasteiger partial charge on any atom is 0.416 e. The quantitative estimate of drug-likeness (QED) is 0.834. The van der Waals surface area contributed by atoms with E-state index in [1.165, 1.54) is 7.11 Å². The van der Waals surface area contributed by atoms with E-state index in [1.807, 2.05) is 12.2 Å². The van der Waals surface area contributed by atoms with Gasteiger partial charge >= 0.3 is 6.18 Å². The van der Waals surface area contributed by atoms with Crippen LogP contribution in [0.2, 0.25) is 0 Å². The number of carbonyl (C=O) groups excluding carboxylic acids is 1. The zero-order valence-corrected chi connectivity index (χ0v) is 11.5. The molecular formula is C13H16F3NO4. The minimum atomic E-state index is -4.77. The fourth-order valence-corrected chi connectivity index (χ4v) is 1.41. The van der Waals surface area contributed by atoms with E-state index in [-0.39, 0.29) is 0 Å². The van der Waals surface area contributed by atoms with Gasteiger partial charge in [0.15, 0.2) is 24.2 Å². The predicted molar refractivity (Wildman–Crippen MR) is 68.3 cm³/mol. The number of benzene rings is 1. The summed E-state index contributed by atoms with van der Waals surface area (Å²) in [6.45, 7) is 0.443. The van der Waals surface area contributed by atoms with Crippen LogP contribution in [0.3, 0.4) is 0 Å². The van der Waals surface area contributed by atoms with Crippen LogP contribution in [0.1, 0.15) is 5.56 Å². The summed E-state index contributed by atoms with van der Waals surface area (Å²) in [5.41, 5.74) is 0.928. The van der Waals surface area contributed by atoms with Crippen molar-refractivity contribution < 1.29 is 32.5 Å². The molecule has 8 heteroatoms. The van der Waals surface area contributed by atoms with Crippen molar-refractivity contribution in [1.82, 2.24) is 5.32 Å². The summed E-state index contributed by atoms with van der Waals surface area (Å²) in [7, 11) is 1.43. The number of aryl methyl sites for hydroxylation is 1. The molecule has 0 saturated heterocycles. The summed E-state index contributed by atoms with van der Waals surface area (Å²) in [5, 5.41) is 10.7. The van der Waals surface area contributed by atoms with Crippen LogP contribution in [0.4, 0.5) is 13.2 Å². The first kappa shape index (κ1) is 17.1. The first-order chi connectivity index (χ1) is 9.74. The molecular weight excluding hydrogens is 291 g/mol. The molecule has 0 aliphatic heterocycles. The third kappa shape index (κ3) is 5.50. The smallest absolute Gasteiger partial charge is 0.416 e. The van der Waals surface area contributed by atoms with Crippen molar-refractivity contribution in [3.63, 3.8) is 0 Å². The molecule has 2 N–H and O–H groups in total. The number of amides is 1. The molecule has 0 saturated carbocycles.